The molecule has 4 fully saturated rings. The fourth-order valence-corrected chi connectivity index (χ4v) is 5.81. The van der Waals surface area contributed by atoms with Crippen LogP contribution in [0.15, 0.2) is 43.1 Å². The van der Waals surface area contributed by atoms with Crippen LogP contribution < -0.4 is 15.4 Å². The molecular weight excluding hydrogens is 388 g/mol. The summed E-state index contributed by atoms with van der Waals surface area (Å²) in [7, 11) is 1.68. The van der Waals surface area contributed by atoms with E-state index >= 15 is 0 Å². The van der Waals surface area contributed by atoms with E-state index in [2.05, 4.69) is 39.2 Å². The quantitative estimate of drug-likeness (QED) is 0.703. The van der Waals surface area contributed by atoms with Crippen molar-refractivity contribution in [2.75, 3.05) is 26.7 Å². The van der Waals surface area contributed by atoms with Crippen LogP contribution in [0, 0.1) is 11.8 Å². The minimum atomic E-state index is -0.0955. The van der Waals surface area contributed by atoms with Crippen LogP contribution in [0.5, 0.6) is 5.75 Å². The van der Waals surface area contributed by atoms with Crippen LogP contribution in [0.4, 0.5) is 0 Å². The van der Waals surface area contributed by atoms with Crippen LogP contribution >= 0.6 is 0 Å². The van der Waals surface area contributed by atoms with E-state index in [0.29, 0.717) is 11.8 Å². The number of benzene rings is 1. The second kappa shape index (κ2) is 8.60. The lowest BCUT2D eigenvalue weighted by Crippen LogP contribution is -2.58. The Balaban J connectivity index is 1.54. The zero-order valence-corrected chi connectivity index (χ0v) is 18.2. The first-order valence-electron chi connectivity index (χ1n) is 11.5. The van der Waals surface area contributed by atoms with Gasteiger partial charge in [0.15, 0.2) is 0 Å². The molecule has 6 heteroatoms. The average Bonchev–Trinajstić information content (AvgIpc) is 3.37. The lowest BCUT2D eigenvalue weighted by Gasteiger charge is -2.51. The van der Waals surface area contributed by atoms with E-state index in [9.17, 15) is 4.79 Å². The van der Waals surface area contributed by atoms with Gasteiger partial charge >= 0.3 is 0 Å². The number of rotatable bonds is 6. The van der Waals surface area contributed by atoms with Crippen molar-refractivity contribution in [1.82, 2.24) is 20.5 Å². The lowest BCUT2D eigenvalue weighted by molar-refractivity contribution is -0.124. The highest BCUT2D eigenvalue weighted by Crippen LogP contribution is 2.42. The zero-order chi connectivity index (χ0) is 21.4. The number of aromatic nitrogens is 1. The van der Waals surface area contributed by atoms with Crippen LogP contribution in [0.3, 0.4) is 0 Å². The monoisotopic (exact) mass is 420 g/mol. The molecule has 5 heterocycles. The molecule has 6 rings (SSSR count). The molecule has 0 spiro atoms. The van der Waals surface area contributed by atoms with Gasteiger partial charge in [-0.15, -0.1) is 6.58 Å². The van der Waals surface area contributed by atoms with Crippen molar-refractivity contribution in [2.24, 2.45) is 11.8 Å². The number of ether oxygens (including phenoxy) is 1. The minimum absolute atomic E-state index is 0.0823. The maximum Gasteiger partial charge on any atom is 0.237 e. The van der Waals surface area contributed by atoms with Gasteiger partial charge in [0, 0.05) is 24.2 Å². The van der Waals surface area contributed by atoms with E-state index in [1.807, 2.05) is 24.4 Å². The maximum atomic E-state index is 13.2. The molecule has 2 N–H and O–H groups in total. The second-order valence-corrected chi connectivity index (χ2v) is 9.16. The first-order valence-corrected chi connectivity index (χ1v) is 11.5. The Kier molecular flexibility index (Phi) is 5.67. The molecule has 4 aliphatic rings. The molecule has 1 unspecified atom stereocenters. The van der Waals surface area contributed by atoms with Crippen LogP contribution in [-0.4, -0.2) is 54.6 Å². The van der Waals surface area contributed by atoms with Gasteiger partial charge < -0.3 is 15.4 Å². The number of piperidine rings is 3. The van der Waals surface area contributed by atoms with Crippen molar-refractivity contribution >= 4 is 16.8 Å². The van der Waals surface area contributed by atoms with Crippen LogP contribution in [-0.2, 0) is 4.79 Å². The van der Waals surface area contributed by atoms with Gasteiger partial charge in [-0.05, 0) is 80.4 Å². The number of carbonyl (C=O) groups excluding carboxylic acids is 1. The molecule has 1 aromatic carbocycles. The normalized spacial score (nSPS) is 30.8. The summed E-state index contributed by atoms with van der Waals surface area (Å²) in [5.74, 6) is 2.10. The molecule has 0 radical (unpaired) electrons. The third-order valence-corrected chi connectivity index (χ3v) is 7.53. The highest BCUT2D eigenvalue weighted by Gasteiger charge is 2.43. The van der Waals surface area contributed by atoms with Crippen molar-refractivity contribution < 1.29 is 9.53 Å². The topological polar surface area (TPSA) is 66.5 Å². The summed E-state index contributed by atoms with van der Waals surface area (Å²) in [5, 5.41) is 7.86. The Hall–Kier alpha value is -2.44. The molecule has 2 bridgehead atoms. The van der Waals surface area contributed by atoms with Crippen LogP contribution in [0.25, 0.3) is 10.9 Å². The number of nitrogens with zero attached hydrogens (tertiary/aromatic N) is 2. The Labute approximate surface area is 184 Å². The SMILES string of the molecule is C=C[C@H]1CN2CC[C@H]1C[C@H]2[C@@H](NC(=O)[C@@H]1CCCN1)c1ccnc2ccc(OC)cc12. The van der Waals surface area contributed by atoms with E-state index in [1.54, 1.807) is 7.11 Å². The van der Waals surface area contributed by atoms with Gasteiger partial charge in [-0.25, -0.2) is 0 Å². The molecule has 1 aromatic heterocycles. The van der Waals surface area contributed by atoms with Crippen molar-refractivity contribution in [3.8, 4) is 5.75 Å². The number of amides is 1. The van der Waals surface area contributed by atoms with Crippen molar-refractivity contribution in [2.45, 2.75) is 43.8 Å². The van der Waals surface area contributed by atoms with Crippen LogP contribution in [0.2, 0.25) is 0 Å². The summed E-state index contributed by atoms with van der Waals surface area (Å²) in [5.41, 5.74) is 2.06. The van der Waals surface area contributed by atoms with E-state index < -0.39 is 0 Å². The smallest absolute Gasteiger partial charge is 0.237 e. The highest BCUT2D eigenvalue weighted by molar-refractivity contribution is 5.86. The maximum absolute atomic E-state index is 13.2. The molecule has 31 heavy (non-hydrogen) atoms. The number of nitrogens with one attached hydrogen (secondary N) is 2. The first-order chi connectivity index (χ1) is 15.2. The standard InChI is InChI=1S/C25H32N4O2/c1-3-16-15-29-12-9-17(16)13-23(29)24(28-25(30)22-5-4-10-26-22)19-8-11-27-21-7-6-18(31-2)14-20(19)21/h3,6-8,11,14,16-17,22-24,26H,1,4-5,9-10,12-13,15H2,2H3,(H,28,30)/t16-,17-,22-,23-,24-/m0/s1. The molecule has 164 valence electrons. The molecule has 0 aliphatic carbocycles. The Morgan fingerprint density at radius 1 is 1.39 bits per heavy atom. The summed E-state index contributed by atoms with van der Waals surface area (Å²) in [6, 6.07) is 8.16. The fourth-order valence-electron chi connectivity index (χ4n) is 5.81. The number of hydrogen-bond acceptors (Lipinski definition) is 5. The Morgan fingerprint density at radius 3 is 3.00 bits per heavy atom. The van der Waals surface area contributed by atoms with Gasteiger partial charge in [0.1, 0.15) is 5.75 Å². The number of hydrogen-bond donors (Lipinski definition) is 2. The third-order valence-electron chi connectivity index (χ3n) is 7.53. The summed E-state index contributed by atoms with van der Waals surface area (Å²) in [6.45, 7) is 7.09. The Bertz CT molecular complexity index is 971. The molecule has 1 amide bonds. The lowest BCUT2D eigenvalue weighted by atomic mass is 9.73. The number of fused-ring (bicyclic) bond motifs is 4. The van der Waals surface area contributed by atoms with Gasteiger partial charge in [0.05, 0.1) is 24.7 Å². The number of pyridine rings is 1. The predicted octanol–water partition coefficient (Wildman–Crippen LogP) is 3.05. The minimum Gasteiger partial charge on any atom is -0.497 e. The molecular formula is C25H32N4O2. The predicted molar refractivity (Wildman–Crippen MR) is 122 cm³/mol. The second-order valence-electron chi connectivity index (χ2n) is 9.16. The molecule has 4 saturated heterocycles. The molecule has 2 aromatic rings. The molecule has 6 nitrogen and oxygen atoms in total. The van der Waals surface area contributed by atoms with E-state index in [4.69, 9.17) is 4.74 Å². The van der Waals surface area contributed by atoms with E-state index in [-0.39, 0.29) is 24.0 Å². The number of carbonyl (C=O) groups is 1. The zero-order valence-electron chi connectivity index (χ0n) is 18.2. The number of methoxy groups -OCH3 is 1. The summed E-state index contributed by atoms with van der Waals surface area (Å²) in [4.78, 5) is 20.3. The first kappa shape index (κ1) is 20.5. The Morgan fingerprint density at radius 2 is 2.29 bits per heavy atom. The molecule has 0 saturated carbocycles. The largest absolute Gasteiger partial charge is 0.497 e. The van der Waals surface area contributed by atoms with Gasteiger partial charge in [0.2, 0.25) is 5.91 Å². The fraction of sp³-hybridized carbons (Fsp3) is 0.520. The van der Waals surface area contributed by atoms with E-state index in [0.717, 1.165) is 61.1 Å². The average molecular weight is 421 g/mol. The summed E-state index contributed by atoms with van der Waals surface area (Å²) in [6.07, 6.45) is 8.22. The third kappa shape index (κ3) is 3.83. The van der Waals surface area contributed by atoms with E-state index in [1.165, 1.54) is 6.42 Å². The summed E-state index contributed by atoms with van der Waals surface area (Å²) < 4.78 is 5.50. The van der Waals surface area contributed by atoms with Crippen molar-refractivity contribution in [3.63, 3.8) is 0 Å². The highest BCUT2D eigenvalue weighted by atomic mass is 16.5. The van der Waals surface area contributed by atoms with Crippen molar-refractivity contribution in [3.05, 3.63) is 48.7 Å². The van der Waals surface area contributed by atoms with Gasteiger partial charge in [-0.2, -0.15) is 0 Å². The summed E-state index contributed by atoms with van der Waals surface area (Å²) >= 11 is 0. The van der Waals surface area contributed by atoms with Crippen LogP contribution in [0.1, 0.15) is 37.3 Å². The molecule has 6 atom stereocenters. The van der Waals surface area contributed by atoms with Crippen molar-refractivity contribution in [1.29, 1.82) is 0 Å². The van der Waals surface area contributed by atoms with Gasteiger partial charge in [-0.1, -0.05) is 6.08 Å². The molecule has 4 aliphatic heterocycles. The van der Waals surface area contributed by atoms with Gasteiger partial charge in [0.25, 0.3) is 0 Å². The van der Waals surface area contributed by atoms with Gasteiger partial charge in [-0.3, -0.25) is 14.7 Å².